The van der Waals surface area contributed by atoms with Crippen LogP contribution in [0.15, 0.2) is 47.8 Å². The summed E-state index contributed by atoms with van der Waals surface area (Å²) in [5.41, 5.74) is 4.58. The molecule has 146 valence electrons. The van der Waals surface area contributed by atoms with Crippen molar-refractivity contribution in [2.24, 2.45) is 0 Å². The average Bonchev–Trinajstić information content (AvgIpc) is 3.10. The number of ether oxygens (including phenoxy) is 2. The highest BCUT2D eigenvalue weighted by molar-refractivity contribution is 8.00. The molecule has 0 fully saturated rings. The number of hydrogen-bond donors (Lipinski definition) is 2. The second kappa shape index (κ2) is 7.29. The lowest BCUT2D eigenvalue weighted by Crippen LogP contribution is -2.17. The Kier molecular flexibility index (Phi) is 4.48. The molecule has 0 saturated heterocycles. The quantitative estimate of drug-likeness (QED) is 0.394. The molecule has 1 aliphatic rings. The summed E-state index contributed by atoms with van der Waals surface area (Å²) in [6, 6.07) is 11.6. The highest BCUT2D eigenvalue weighted by atomic mass is 32.2. The lowest BCUT2D eigenvalue weighted by Gasteiger charge is -2.18. The fourth-order valence-corrected chi connectivity index (χ4v) is 4.10. The second-order valence-electron chi connectivity index (χ2n) is 6.77. The largest absolute Gasteiger partial charge is 0.486 e. The molecule has 2 N–H and O–H groups in total. The molecule has 8 heteroatoms. The zero-order valence-corrected chi connectivity index (χ0v) is 16.5. The van der Waals surface area contributed by atoms with Crippen molar-refractivity contribution in [1.29, 1.82) is 0 Å². The Morgan fingerprint density at radius 3 is 2.90 bits per heavy atom. The Balaban J connectivity index is 1.32. The molecule has 1 aliphatic heterocycles. The number of fused-ring (bicyclic) bond motifs is 4. The zero-order valence-electron chi connectivity index (χ0n) is 15.7. The monoisotopic (exact) mass is 406 g/mol. The number of aromatic amines is 1. The minimum atomic E-state index is -0.120. The van der Waals surface area contributed by atoms with E-state index in [2.05, 4.69) is 39.3 Å². The van der Waals surface area contributed by atoms with E-state index < -0.39 is 0 Å². The highest BCUT2D eigenvalue weighted by Gasteiger charge is 2.15. The fourth-order valence-electron chi connectivity index (χ4n) is 3.35. The SMILES string of the molecule is Cc1ccc2[nH]c3c(SCC(=O)Nc4ccc5c(c4)OCCO5)ncnc3c2c1. The number of nitrogens with one attached hydrogen (secondary N) is 2. The van der Waals surface area contributed by atoms with Crippen molar-refractivity contribution >= 4 is 45.3 Å². The molecule has 0 aliphatic carbocycles. The molecule has 3 heterocycles. The van der Waals surface area contributed by atoms with Crippen molar-refractivity contribution in [3.63, 3.8) is 0 Å². The number of hydrogen-bond acceptors (Lipinski definition) is 6. The molecule has 0 bridgehead atoms. The van der Waals surface area contributed by atoms with E-state index in [-0.39, 0.29) is 11.7 Å². The number of carbonyl (C=O) groups excluding carboxylic acids is 1. The number of aromatic nitrogens is 3. The molecular weight excluding hydrogens is 388 g/mol. The Morgan fingerprint density at radius 1 is 1.14 bits per heavy atom. The van der Waals surface area contributed by atoms with Crippen LogP contribution in [0, 0.1) is 6.92 Å². The third kappa shape index (κ3) is 3.47. The van der Waals surface area contributed by atoms with Crippen LogP contribution in [-0.2, 0) is 4.79 Å². The summed E-state index contributed by atoms with van der Waals surface area (Å²) in [6.45, 7) is 3.10. The maximum atomic E-state index is 12.4. The molecule has 2 aromatic carbocycles. The van der Waals surface area contributed by atoms with Gasteiger partial charge in [-0.25, -0.2) is 9.97 Å². The molecule has 0 radical (unpaired) electrons. The van der Waals surface area contributed by atoms with Crippen molar-refractivity contribution in [2.75, 3.05) is 24.3 Å². The van der Waals surface area contributed by atoms with Gasteiger partial charge in [0, 0.05) is 22.7 Å². The second-order valence-corrected chi connectivity index (χ2v) is 7.74. The van der Waals surface area contributed by atoms with Crippen molar-refractivity contribution < 1.29 is 14.3 Å². The molecule has 5 rings (SSSR count). The van der Waals surface area contributed by atoms with Gasteiger partial charge >= 0.3 is 0 Å². The van der Waals surface area contributed by atoms with E-state index >= 15 is 0 Å². The minimum absolute atomic E-state index is 0.120. The summed E-state index contributed by atoms with van der Waals surface area (Å²) in [4.78, 5) is 24.6. The predicted octanol–water partition coefficient (Wildman–Crippen LogP) is 3.92. The maximum absolute atomic E-state index is 12.4. The van der Waals surface area contributed by atoms with E-state index in [0.717, 1.165) is 27.0 Å². The van der Waals surface area contributed by atoms with Crippen LogP contribution in [0.4, 0.5) is 5.69 Å². The van der Waals surface area contributed by atoms with Gasteiger partial charge in [-0.15, -0.1) is 0 Å². The first-order chi connectivity index (χ1) is 14.2. The normalized spacial score (nSPS) is 13.0. The summed E-state index contributed by atoms with van der Waals surface area (Å²) >= 11 is 1.38. The van der Waals surface area contributed by atoms with Crippen LogP contribution in [0.3, 0.4) is 0 Å². The molecule has 0 atom stereocenters. The first-order valence-electron chi connectivity index (χ1n) is 9.23. The van der Waals surface area contributed by atoms with Gasteiger partial charge in [0.25, 0.3) is 0 Å². The average molecular weight is 406 g/mol. The molecule has 1 amide bonds. The topological polar surface area (TPSA) is 89.1 Å². The number of benzene rings is 2. The summed E-state index contributed by atoms with van der Waals surface area (Å²) in [5, 5.41) is 4.71. The van der Waals surface area contributed by atoms with Gasteiger partial charge in [-0.05, 0) is 31.2 Å². The molecule has 4 aromatic rings. The van der Waals surface area contributed by atoms with Crippen LogP contribution < -0.4 is 14.8 Å². The Hall–Kier alpha value is -3.26. The van der Waals surface area contributed by atoms with Gasteiger partial charge in [0.1, 0.15) is 30.1 Å². The van der Waals surface area contributed by atoms with E-state index in [0.29, 0.717) is 30.4 Å². The van der Waals surface area contributed by atoms with Crippen molar-refractivity contribution in [2.45, 2.75) is 11.9 Å². The number of nitrogens with zero attached hydrogens (tertiary/aromatic N) is 2. The first kappa shape index (κ1) is 17.8. The number of carbonyl (C=O) groups is 1. The van der Waals surface area contributed by atoms with E-state index in [1.165, 1.54) is 17.3 Å². The number of rotatable bonds is 4. The van der Waals surface area contributed by atoms with Crippen LogP contribution in [0.5, 0.6) is 11.5 Å². The molecule has 0 spiro atoms. The van der Waals surface area contributed by atoms with E-state index in [4.69, 9.17) is 9.47 Å². The molecule has 29 heavy (non-hydrogen) atoms. The third-order valence-corrected chi connectivity index (χ3v) is 5.66. The number of anilines is 1. The number of amides is 1. The van der Waals surface area contributed by atoms with Gasteiger partial charge in [0.05, 0.1) is 11.3 Å². The number of thioether (sulfide) groups is 1. The summed E-state index contributed by atoms with van der Waals surface area (Å²) < 4.78 is 11.1. The van der Waals surface area contributed by atoms with Crippen LogP contribution in [-0.4, -0.2) is 39.8 Å². The fraction of sp³-hybridized carbons (Fsp3) is 0.190. The first-order valence-corrected chi connectivity index (χ1v) is 10.2. The van der Waals surface area contributed by atoms with Crippen molar-refractivity contribution in [3.05, 3.63) is 48.3 Å². The lowest BCUT2D eigenvalue weighted by atomic mass is 10.2. The van der Waals surface area contributed by atoms with Crippen LogP contribution >= 0.6 is 11.8 Å². The van der Waals surface area contributed by atoms with Crippen molar-refractivity contribution in [3.8, 4) is 11.5 Å². The minimum Gasteiger partial charge on any atom is -0.486 e. The standard InChI is InChI=1S/C21H18N4O3S/c1-12-2-4-15-14(8-12)19-20(25-15)21(23-11-22-19)29-10-18(26)24-13-3-5-16-17(9-13)28-7-6-27-16/h2-5,8-9,11,25H,6-7,10H2,1H3,(H,24,26). The van der Waals surface area contributed by atoms with Gasteiger partial charge in [-0.1, -0.05) is 23.4 Å². The molecule has 0 saturated carbocycles. The van der Waals surface area contributed by atoms with Crippen molar-refractivity contribution in [1.82, 2.24) is 15.0 Å². The smallest absolute Gasteiger partial charge is 0.234 e. The van der Waals surface area contributed by atoms with Gasteiger partial charge in [0.2, 0.25) is 5.91 Å². The van der Waals surface area contributed by atoms with Crippen LogP contribution in [0.1, 0.15) is 5.56 Å². The van der Waals surface area contributed by atoms with E-state index in [1.54, 1.807) is 24.5 Å². The van der Waals surface area contributed by atoms with Crippen LogP contribution in [0.25, 0.3) is 21.9 Å². The van der Waals surface area contributed by atoms with Gasteiger partial charge < -0.3 is 19.8 Å². The molecule has 2 aromatic heterocycles. The predicted molar refractivity (Wildman–Crippen MR) is 113 cm³/mol. The summed E-state index contributed by atoms with van der Waals surface area (Å²) in [5.74, 6) is 1.45. The Bertz CT molecular complexity index is 1240. The highest BCUT2D eigenvalue weighted by Crippen LogP contribution is 2.33. The number of aryl methyl sites for hydroxylation is 1. The molecule has 7 nitrogen and oxygen atoms in total. The van der Waals surface area contributed by atoms with Crippen LogP contribution in [0.2, 0.25) is 0 Å². The number of H-pyrrole nitrogens is 1. The molecular formula is C21H18N4O3S. The zero-order chi connectivity index (χ0) is 19.8. The van der Waals surface area contributed by atoms with Gasteiger partial charge in [-0.3, -0.25) is 4.79 Å². The van der Waals surface area contributed by atoms with Gasteiger partial charge in [0.15, 0.2) is 11.5 Å². The van der Waals surface area contributed by atoms with E-state index in [1.807, 2.05) is 6.07 Å². The third-order valence-electron chi connectivity index (χ3n) is 4.67. The lowest BCUT2D eigenvalue weighted by molar-refractivity contribution is -0.113. The maximum Gasteiger partial charge on any atom is 0.234 e. The van der Waals surface area contributed by atoms with E-state index in [9.17, 15) is 4.79 Å². The summed E-state index contributed by atoms with van der Waals surface area (Å²) in [7, 11) is 0. The van der Waals surface area contributed by atoms with Gasteiger partial charge in [-0.2, -0.15) is 0 Å². The summed E-state index contributed by atoms with van der Waals surface area (Å²) in [6.07, 6.45) is 1.54. The molecule has 0 unspecified atom stereocenters. The Labute approximate surface area is 170 Å². The Morgan fingerprint density at radius 2 is 2.00 bits per heavy atom.